The third-order valence-corrected chi connectivity index (χ3v) is 5.32. The Morgan fingerprint density at radius 2 is 1.86 bits per heavy atom. The molecule has 0 spiro atoms. The largest absolute Gasteiger partial charge is 0.374 e. The van der Waals surface area contributed by atoms with E-state index in [1.54, 1.807) is 18.9 Å². The number of nitrogens with one attached hydrogen (secondary N) is 2. The lowest BCUT2D eigenvalue weighted by Gasteiger charge is -2.19. The van der Waals surface area contributed by atoms with Crippen LogP contribution in [0.1, 0.15) is 17.2 Å². The lowest BCUT2D eigenvalue weighted by atomic mass is 9.98. The molecule has 0 fully saturated rings. The highest BCUT2D eigenvalue weighted by Gasteiger charge is 2.26. The van der Waals surface area contributed by atoms with E-state index in [-0.39, 0.29) is 6.04 Å². The number of hydrogen-bond donors (Lipinski definition) is 2. The van der Waals surface area contributed by atoms with E-state index in [9.17, 15) is 0 Å². The summed E-state index contributed by atoms with van der Waals surface area (Å²) in [4.78, 5) is 16.5. The molecule has 2 aromatic carbocycles. The van der Waals surface area contributed by atoms with Crippen LogP contribution in [-0.4, -0.2) is 24.5 Å². The standard InChI is InChI=1S/C22H16N6/c1-2-4-18-16(3-1)21-19-17(11-24-22(19)26-12-25-21)20(27-18)14-5-7-15(8-6-14)28-10-9-23-13-28/h1-13,20,27H,(H,24,25,26). The molecule has 6 heteroatoms. The van der Waals surface area contributed by atoms with Gasteiger partial charge in [-0.1, -0.05) is 30.3 Å². The lowest BCUT2D eigenvalue weighted by molar-refractivity contribution is 0.948. The number of benzene rings is 2. The Morgan fingerprint density at radius 1 is 0.964 bits per heavy atom. The molecule has 0 aliphatic carbocycles. The van der Waals surface area contributed by atoms with Gasteiger partial charge in [0, 0.05) is 41.1 Å². The zero-order chi connectivity index (χ0) is 18.5. The van der Waals surface area contributed by atoms with Crippen LogP contribution in [0, 0.1) is 0 Å². The molecule has 1 atom stereocenters. The molecule has 1 aliphatic rings. The number of rotatable bonds is 2. The topological polar surface area (TPSA) is 71.4 Å². The average molecular weight is 364 g/mol. The summed E-state index contributed by atoms with van der Waals surface area (Å²) >= 11 is 0. The zero-order valence-electron chi connectivity index (χ0n) is 14.9. The average Bonchev–Trinajstić information content (AvgIpc) is 3.40. The van der Waals surface area contributed by atoms with Crippen molar-refractivity contribution in [3.8, 4) is 16.9 Å². The van der Waals surface area contributed by atoms with Gasteiger partial charge in [0.2, 0.25) is 0 Å². The monoisotopic (exact) mass is 364 g/mol. The summed E-state index contributed by atoms with van der Waals surface area (Å²) in [5.74, 6) is 0. The van der Waals surface area contributed by atoms with E-state index in [1.807, 2.05) is 29.1 Å². The van der Waals surface area contributed by atoms with Gasteiger partial charge >= 0.3 is 0 Å². The maximum Gasteiger partial charge on any atom is 0.141 e. The van der Waals surface area contributed by atoms with E-state index < -0.39 is 0 Å². The van der Waals surface area contributed by atoms with E-state index in [2.05, 4.69) is 61.7 Å². The fourth-order valence-corrected chi connectivity index (χ4v) is 3.98. The Bertz CT molecular complexity index is 1280. The van der Waals surface area contributed by atoms with Crippen LogP contribution in [0.15, 0.2) is 79.8 Å². The smallest absolute Gasteiger partial charge is 0.141 e. The van der Waals surface area contributed by atoms with Gasteiger partial charge in [0.15, 0.2) is 0 Å². The maximum atomic E-state index is 4.61. The van der Waals surface area contributed by atoms with E-state index in [0.29, 0.717) is 0 Å². The van der Waals surface area contributed by atoms with Crippen LogP contribution in [0.5, 0.6) is 0 Å². The second kappa shape index (κ2) is 5.79. The Morgan fingerprint density at radius 3 is 2.71 bits per heavy atom. The van der Waals surface area contributed by atoms with Crippen molar-refractivity contribution in [2.24, 2.45) is 0 Å². The number of imidazole rings is 1. The normalized spacial score (nSPS) is 15.1. The quantitative estimate of drug-likeness (QED) is 0.489. The molecule has 0 radical (unpaired) electrons. The Labute approximate surface area is 160 Å². The van der Waals surface area contributed by atoms with Crippen LogP contribution in [0.4, 0.5) is 5.69 Å². The molecule has 0 bridgehead atoms. The third kappa shape index (κ3) is 2.18. The first-order valence-electron chi connectivity index (χ1n) is 9.15. The Balaban J connectivity index is 1.54. The second-order valence-corrected chi connectivity index (χ2v) is 6.87. The summed E-state index contributed by atoms with van der Waals surface area (Å²) in [6, 6.07) is 16.8. The molecule has 4 heterocycles. The van der Waals surface area contributed by atoms with E-state index in [0.717, 1.165) is 39.2 Å². The molecular weight excluding hydrogens is 348 g/mol. The van der Waals surface area contributed by atoms with Crippen LogP contribution < -0.4 is 5.32 Å². The van der Waals surface area contributed by atoms with Crippen molar-refractivity contribution in [3.63, 3.8) is 0 Å². The fraction of sp³-hybridized carbons (Fsp3) is 0.0455. The van der Waals surface area contributed by atoms with Gasteiger partial charge in [-0.05, 0) is 23.8 Å². The molecule has 2 N–H and O–H groups in total. The minimum absolute atomic E-state index is 0.000938. The van der Waals surface area contributed by atoms with Crippen molar-refractivity contribution in [2.75, 3.05) is 5.32 Å². The van der Waals surface area contributed by atoms with Gasteiger partial charge in [0.05, 0.1) is 23.4 Å². The first kappa shape index (κ1) is 15.2. The number of fused-ring (bicyclic) bond motifs is 2. The summed E-state index contributed by atoms with van der Waals surface area (Å²) in [7, 11) is 0. The summed E-state index contributed by atoms with van der Waals surface area (Å²) in [6.07, 6.45) is 9.19. The number of aromatic nitrogens is 5. The summed E-state index contributed by atoms with van der Waals surface area (Å²) < 4.78 is 2.00. The van der Waals surface area contributed by atoms with Gasteiger partial charge in [-0.15, -0.1) is 0 Å². The number of aromatic amines is 1. The van der Waals surface area contributed by atoms with Crippen molar-refractivity contribution in [1.29, 1.82) is 0 Å². The number of para-hydroxylation sites is 1. The number of H-pyrrole nitrogens is 1. The van der Waals surface area contributed by atoms with E-state index in [4.69, 9.17) is 0 Å². The van der Waals surface area contributed by atoms with Crippen LogP contribution in [0.3, 0.4) is 0 Å². The van der Waals surface area contributed by atoms with Crippen molar-refractivity contribution in [3.05, 3.63) is 90.9 Å². The van der Waals surface area contributed by atoms with Crippen LogP contribution in [0.2, 0.25) is 0 Å². The molecular formula is C22H16N6. The molecule has 3 aromatic heterocycles. The number of anilines is 1. The molecule has 6 rings (SSSR count). The molecule has 0 saturated heterocycles. The maximum absolute atomic E-state index is 4.61. The highest BCUT2D eigenvalue weighted by molar-refractivity contribution is 5.99. The van der Waals surface area contributed by atoms with Gasteiger partial charge in [-0.3, -0.25) is 0 Å². The minimum Gasteiger partial charge on any atom is -0.374 e. The van der Waals surface area contributed by atoms with Gasteiger partial charge in [-0.2, -0.15) is 0 Å². The number of nitrogens with zero attached hydrogens (tertiary/aromatic N) is 4. The molecule has 28 heavy (non-hydrogen) atoms. The van der Waals surface area contributed by atoms with Crippen molar-refractivity contribution in [2.45, 2.75) is 6.04 Å². The first-order valence-corrected chi connectivity index (χ1v) is 9.15. The van der Waals surface area contributed by atoms with Crippen molar-refractivity contribution in [1.82, 2.24) is 24.5 Å². The minimum atomic E-state index is -0.000938. The molecule has 5 aromatic rings. The zero-order valence-corrected chi connectivity index (χ0v) is 14.9. The SMILES string of the molecule is c1ccc2c(c1)NC(c1ccc(-n3ccnc3)cc1)c1c[nH]c3ncnc-2c13. The summed E-state index contributed by atoms with van der Waals surface area (Å²) in [5.41, 5.74) is 7.39. The Kier molecular flexibility index (Phi) is 3.13. The Hall–Kier alpha value is -3.93. The number of hydrogen-bond acceptors (Lipinski definition) is 4. The lowest BCUT2D eigenvalue weighted by Crippen LogP contribution is -2.11. The van der Waals surface area contributed by atoms with Crippen molar-refractivity contribution < 1.29 is 0 Å². The van der Waals surface area contributed by atoms with E-state index in [1.165, 1.54) is 5.56 Å². The van der Waals surface area contributed by atoms with Crippen LogP contribution in [0.25, 0.3) is 28.0 Å². The predicted molar refractivity (Wildman–Crippen MR) is 108 cm³/mol. The molecule has 0 saturated carbocycles. The van der Waals surface area contributed by atoms with Crippen molar-refractivity contribution >= 4 is 16.7 Å². The fourth-order valence-electron chi connectivity index (χ4n) is 3.98. The van der Waals surface area contributed by atoms with Gasteiger partial charge in [0.25, 0.3) is 0 Å². The molecule has 134 valence electrons. The summed E-state index contributed by atoms with van der Waals surface area (Å²) in [5, 5.41) is 4.79. The van der Waals surface area contributed by atoms with Crippen LogP contribution >= 0.6 is 0 Å². The van der Waals surface area contributed by atoms with E-state index >= 15 is 0 Å². The van der Waals surface area contributed by atoms with Gasteiger partial charge in [-0.25, -0.2) is 15.0 Å². The van der Waals surface area contributed by atoms with Gasteiger partial charge < -0.3 is 14.9 Å². The third-order valence-electron chi connectivity index (χ3n) is 5.32. The highest BCUT2D eigenvalue weighted by atomic mass is 15.0. The molecule has 1 unspecified atom stereocenters. The summed E-state index contributed by atoms with van der Waals surface area (Å²) in [6.45, 7) is 0. The second-order valence-electron chi connectivity index (χ2n) is 6.87. The van der Waals surface area contributed by atoms with Gasteiger partial charge in [0.1, 0.15) is 12.0 Å². The van der Waals surface area contributed by atoms with Crippen LogP contribution in [-0.2, 0) is 0 Å². The molecule has 6 nitrogen and oxygen atoms in total. The highest BCUT2D eigenvalue weighted by Crippen LogP contribution is 2.42. The predicted octanol–water partition coefficient (Wildman–Crippen LogP) is 4.33. The first-order chi connectivity index (χ1) is 13.9. The molecule has 0 amide bonds. The molecule has 1 aliphatic heterocycles.